The number of benzene rings is 1. The molecule has 0 aliphatic carbocycles. The van der Waals surface area contributed by atoms with Crippen molar-refractivity contribution < 1.29 is 24.6 Å². The minimum atomic E-state index is -1.02. The van der Waals surface area contributed by atoms with Crippen molar-refractivity contribution in [3.8, 4) is 11.5 Å². The molecular formula is C11H15NO5. The van der Waals surface area contributed by atoms with Crippen molar-refractivity contribution in [3.05, 3.63) is 23.8 Å². The van der Waals surface area contributed by atoms with Crippen molar-refractivity contribution in [3.63, 3.8) is 0 Å². The van der Waals surface area contributed by atoms with Crippen LogP contribution >= 0.6 is 0 Å². The van der Waals surface area contributed by atoms with Gasteiger partial charge in [0, 0.05) is 11.6 Å². The molecule has 0 radical (unpaired) electrons. The smallest absolute Gasteiger partial charge is 0.305 e. The van der Waals surface area contributed by atoms with Crippen molar-refractivity contribution in [2.45, 2.75) is 12.5 Å². The van der Waals surface area contributed by atoms with Crippen LogP contribution in [0.15, 0.2) is 18.2 Å². The van der Waals surface area contributed by atoms with Crippen LogP contribution in [-0.2, 0) is 4.79 Å². The van der Waals surface area contributed by atoms with E-state index in [2.05, 4.69) is 0 Å². The molecule has 6 nitrogen and oxygen atoms in total. The number of aliphatic carboxylic acids is 1. The van der Waals surface area contributed by atoms with Crippen LogP contribution in [-0.4, -0.2) is 30.5 Å². The lowest BCUT2D eigenvalue weighted by molar-refractivity contribution is -0.138. The third-order valence-corrected chi connectivity index (χ3v) is 2.35. The molecule has 0 saturated heterocycles. The lowest BCUT2D eigenvalue weighted by atomic mass is 10.0. The quantitative estimate of drug-likeness (QED) is 0.648. The Hall–Kier alpha value is -1.79. The van der Waals surface area contributed by atoms with Gasteiger partial charge in [-0.1, -0.05) is 0 Å². The number of hydrogen-bond donors (Lipinski definition) is 3. The Kier molecular flexibility index (Phi) is 4.74. The molecule has 1 aromatic carbocycles. The van der Waals surface area contributed by atoms with E-state index in [1.165, 1.54) is 14.2 Å². The van der Waals surface area contributed by atoms with Gasteiger partial charge >= 0.3 is 5.97 Å². The van der Waals surface area contributed by atoms with E-state index >= 15 is 0 Å². The number of hydroxylamine groups is 1. The first-order valence-corrected chi connectivity index (χ1v) is 4.95. The zero-order chi connectivity index (χ0) is 12.8. The van der Waals surface area contributed by atoms with Gasteiger partial charge < -0.3 is 19.8 Å². The normalized spacial score (nSPS) is 11.9. The van der Waals surface area contributed by atoms with Gasteiger partial charge in [-0.15, -0.1) is 0 Å². The summed E-state index contributed by atoms with van der Waals surface area (Å²) in [6, 6.07) is 4.22. The first-order valence-electron chi connectivity index (χ1n) is 4.95. The lowest BCUT2D eigenvalue weighted by Gasteiger charge is -2.17. The van der Waals surface area contributed by atoms with E-state index in [-0.39, 0.29) is 6.42 Å². The minimum Gasteiger partial charge on any atom is -0.497 e. The molecule has 1 unspecified atom stereocenters. The lowest BCUT2D eigenvalue weighted by Crippen LogP contribution is -2.21. The summed E-state index contributed by atoms with van der Waals surface area (Å²) in [5.74, 6) is 0.0317. The molecule has 6 heteroatoms. The molecule has 1 atom stereocenters. The number of methoxy groups -OCH3 is 2. The number of nitrogens with one attached hydrogen (secondary N) is 1. The van der Waals surface area contributed by atoms with Gasteiger partial charge in [-0.25, -0.2) is 0 Å². The number of ether oxygens (including phenoxy) is 2. The summed E-state index contributed by atoms with van der Waals surface area (Å²) < 4.78 is 10.2. The van der Waals surface area contributed by atoms with E-state index in [0.29, 0.717) is 17.1 Å². The third-order valence-electron chi connectivity index (χ3n) is 2.35. The molecular weight excluding hydrogens is 226 g/mol. The van der Waals surface area contributed by atoms with Crippen LogP contribution in [0.5, 0.6) is 11.5 Å². The third kappa shape index (κ3) is 3.33. The number of hydrogen-bond acceptors (Lipinski definition) is 5. The van der Waals surface area contributed by atoms with Gasteiger partial charge in [-0.2, -0.15) is 5.48 Å². The Labute approximate surface area is 98.7 Å². The Morgan fingerprint density at radius 2 is 2.12 bits per heavy atom. The van der Waals surface area contributed by atoms with E-state index in [9.17, 15) is 4.79 Å². The van der Waals surface area contributed by atoms with Gasteiger partial charge in [-0.05, 0) is 12.1 Å². The molecule has 3 N–H and O–H groups in total. The van der Waals surface area contributed by atoms with Crippen LogP contribution in [0.4, 0.5) is 0 Å². The molecule has 0 heterocycles. The minimum absolute atomic E-state index is 0.251. The largest absolute Gasteiger partial charge is 0.497 e. The summed E-state index contributed by atoms with van der Waals surface area (Å²) in [6.45, 7) is 0. The molecule has 0 bridgehead atoms. The van der Waals surface area contributed by atoms with Crippen molar-refractivity contribution in [1.29, 1.82) is 0 Å². The van der Waals surface area contributed by atoms with Crippen LogP contribution in [0.1, 0.15) is 18.0 Å². The fraction of sp³-hybridized carbons (Fsp3) is 0.364. The number of rotatable bonds is 6. The summed E-state index contributed by atoms with van der Waals surface area (Å²) >= 11 is 0. The monoisotopic (exact) mass is 241 g/mol. The molecule has 0 spiro atoms. The summed E-state index contributed by atoms with van der Waals surface area (Å²) in [7, 11) is 2.99. The Bertz CT molecular complexity index is 393. The second-order valence-corrected chi connectivity index (χ2v) is 3.39. The Morgan fingerprint density at radius 1 is 1.41 bits per heavy atom. The second kappa shape index (κ2) is 6.07. The number of carboxylic acids is 1. The molecule has 1 rings (SSSR count). The Morgan fingerprint density at radius 3 is 2.59 bits per heavy atom. The maximum atomic E-state index is 10.6. The fourth-order valence-corrected chi connectivity index (χ4v) is 1.51. The highest BCUT2D eigenvalue weighted by Gasteiger charge is 2.19. The summed E-state index contributed by atoms with van der Waals surface area (Å²) in [6.07, 6.45) is -0.251. The van der Waals surface area contributed by atoms with Crippen LogP contribution in [0, 0.1) is 0 Å². The predicted octanol–water partition coefficient (Wildman–Crippen LogP) is 1.20. The molecule has 1 aromatic rings. The topological polar surface area (TPSA) is 88.0 Å². The fourth-order valence-electron chi connectivity index (χ4n) is 1.51. The Balaban J connectivity index is 3.05. The van der Waals surface area contributed by atoms with E-state index in [4.69, 9.17) is 19.8 Å². The predicted molar refractivity (Wildman–Crippen MR) is 59.5 cm³/mol. The van der Waals surface area contributed by atoms with Crippen molar-refractivity contribution >= 4 is 5.97 Å². The average Bonchev–Trinajstić information content (AvgIpc) is 2.35. The van der Waals surface area contributed by atoms with Gasteiger partial charge in [0.25, 0.3) is 0 Å². The highest BCUT2D eigenvalue weighted by atomic mass is 16.5. The maximum absolute atomic E-state index is 10.6. The summed E-state index contributed by atoms with van der Waals surface area (Å²) in [5.41, 5.74) is 2.51. The molecule has 0 amide bonds. The molecule has 0 fully saturated rings. The van der Waals surface area contributed by atoms with Gasteiger partial charge in [-0.3, -0.25) is 4.79 Å². The standard InChI is InChI=1S/C11H15NO5/c1-16-7-3-4-8(10(5-7)17-2)9(12-15)6-11(13)14/h3-5,9,12,15H,6H2,1-2H3,(H,13,14). The second-order valence-electron chi connectivity index (χ2n) is 3.39. The van der Waals surface area contributed by atoms with Crippen molar-refractivity contribution in [2.24, 2.45) is 0 Å². The van der Waals surface area contributed by atoms with Crippen LogP contribution in [0.25, 0.3) is 0 Å². The van der Waals surface area contributed by atoms with Crippen molar-refractivity contribution in [1.82, 2.24) is 5.48 Å². The SMILES string of the molecule is COc1ccc(C(CC(=O)O)NO)c(OC)c1. The van der Waals surface area contributed by atoms with Crippen molar-refractivity contribution in [2.75, 3.05) is 14.2 Å². The van der Waals surface area contributed by atoms with Crippen LogP contribution in [0.2, 0.25) is 0 Å². The van der Waals surface area contributed by atoms with Crippen LogP contribution < -0.4 is 15.0 Å². The molecule has 17 heavy (non-hydrogen) atoms. The molecule has 0 aliphatic rings. The first kappa shape index (κ1) is 13.3. The van der Waals surface area contributed by atoms with E-state index in [1.807, 2.05) is 5.48 Å². The summed E-state index contributed by atoms with van der Waals surface area (Å²) in [4.78, 5) is 10.6. The zero-order valence-electron chi connectivity index (χ0n) is 9.64. The van der Waals surface area contributed by atoms with Gasteiger partial charge in [0.2, 0.25) is 0 Å². The van der Waals surface area contributed by atoms with Gasteiger partial charge in [0.15, 0.2) is 0 Å². The zero-order valence-corrected chi connectivity index (χ0v) is 9.64. The molecule has 0 aromatic heterocycles. The average molecular weight is 241 g/mol. The number of carbonyl (C=O) groups is 1. The summed E-state index contributed by atoms with van der Waals surface area (Å²) in [5, 5.41) is 17.7. The van der Waals surface area contributed by atoms with Gasteiger partial charge in [0.1, 0.15) is 11.5 Å². The highest BCUT2D eigenvalue weighted by molar-refractivity contribution is 5.68. The van der Waals surface area contributed by atoms with Gasteiger partial charge in [0.05, 0.1) is 26.7 Å². The van der Waals surface area contributed by atoms with E-state index in [0.717, 1.165) is 0 Å². The van der Waals surface area contributed by atoms with E-state index in [1.54, 1.807) is 18.2 Å². The van der Waals surface area contributed by atoms with E-state index < -0.39 is 12.0 Å². The molecule has 0 aliphatic heterocycles. The van der Waals surface area contributed by atoms with Crippen LogP contribution in [0.3, 0.4) is 0 Å². The molecule has 0 saturated carbocycles. The highest BCUT2D eigenvalue weighted by Crippen LogP contribution is 2.30. The maximum Gasteiger partial charge on any atom is 0.305 e. The number of carboxylic acid groups (broad SMARTS) is 1. The molecule has 94 valence electrons. The first-order chi connectivity index (χ1) is 8.12.